The van der Waals surface area contributed by atoms with Crippen LogP contribution in [0.4, 0.5) is 5.69 Å². The van der Waals surface area contributed by atoms with Crippen LogP contribution in [0.5, 0.6) is 5.75 Å². The summed E-state index contributed by atoms with van der Waals surface area (Å²) in [7, 11) is 1.68. The summed E-state index contributed by atoms with van der Waals surface area (Å²) >= 11 is 6.22. The van der Waals surface area contributed by atoms with Crippen LogP contribution in [0, 0.1) is 11.8 Å². The van der Waals surface area contributed by atoms with Gasteiger partial charge in [-0.3, -0.25) is 0 Å². The van der Waals surface area contributed by atoms with Gasteiger partial charge in [0.2, 0.25) is 0 Å². The number of hydrogen-bond donors (Lipinski definition) is 1. The number of hydrogen-bond acceptors (Lipinski definition) is 2. The van der Waals surface area contributed by atoms with Crippen molar-refractivity contribution in [2.45, 2.75) is 39.2 Å². The van der Waals surface area contributed by atoms with Crippen molar-refractivity contribution >= 4 is 17.3 Å². The van der Waals surface area contributed by atoms with Crippen LogP contribution in [0.2, 0.25) is 5.02 Å². The zero-order valence-corrected chi connectivity index (χ0v) is 12.1. The van der Waals surface area contributed by atoms with Crippen molar-refractivity contribution in [1.29, 1.82) is 0 Å². The summed E-state index contributed by atoms with van der Waals surface area (Å²) in [5, 5.41) is 4.33. The number of rotatable bonds is 3. The van der Waals surface area contributed by atoms with Gasteiger partial charge in [0, 0.05) is 12.1 Å². The molecule has 1 fully saturated rings. The highest BCUT2D eigenvalue weighted by Gasteiger charge is 2.24. The number of methoxy groups -OCH3 is 1. The summed E-state index contributed by atoms with van der Waals surface area (Å²) < 4.78 is 5.24. The van der Waals surface area contributed by atoms with E-state index in [4.69, 9.17) is 16.3 Å². The third-order valence-corrected chi connectivity index (χ3v) is 4.46. The molecule has 2 rings (SSSR count). The lowest BCUT2D eigenvalue weighted by atomic mass is 9.79. The predicted molar refractivity (Wildman–Crippen MR) is 77.6 cm³/mol. The van der Waals surface area contributed by atoms with Crippen molar-refractivity contribution in [3.8, 4) is 5.75 Å². The lowest BCUT2D eigenvalue weighted by molar-refractivity contribution is 0.261. The van der Waals surface area contributed by atoms with Gasteiger partial charge < -0.3 is 10.1 Å². The highest BCUT2D eigenvalue weighted by atomic mass is 35.5. The molecule has 1 N–H and O–H groups in total. The van der Waals surface area contributed by atoms with E-state index < -0.39 is 0 Å². The first kappa shape index (κ1) is 13.5. The second kappa shape index (κ2) is 5.83. The predicted octanol–water partition coefficient (Wildman–Crippen LogP) is 4.59. The number of ether oxygens (including phenoxy) is 1. The quantitative estimate of drug-likeness (QED) is 0.865. The van der Waals surface area contributed by atoms with Crippen LogP contribution in [-0.4, -0.2) is 13.2 Å². The van der Waals surface area contributed by atoms with E-state index in [1.165, 1.54) is 19.3 Å². The number of anilines is 1. The first-order chi connectivity index (χ1) is 8.60. The molecule has 2 nitrogen and oxygen atoms in total. The van der Waals surface area contributed by atoms with E-state index in [1.807, 2.05) is 18.2 Å². The Bertz CT molecular complexity index is 407. The average molecular weight is 268 g/mol. The van der Waals surface area contributed by atoms with Gasteiger partial charge in [0.1, 0.15) is 5.75 Å². The fourth-order valence-electron chi connectivity index (χ4n) is 2.64. The largest absolute Gasteiger partial charge is 0.497 e. The molecule has 0 bridgehead atoms. The molecule has 100 valence electrons. The van der Waals surface area contributed by atoms with Gasteiger partial charge in [0.15, 0.2) is 0 Å². The molecule has 0 aromatic heterocycles. The Kier molecular flexibility index (Phi) is 4.39. The lowest BCUT2D eigenvalue weighted by Crippen LogP contribution is -2.30. The minimum Gasteiger partial charge on any atom is -0.497 e. The molecule has 0 radical (unpaired) electrons. The maximum atomic E-state index is 6.22. The Morgan fingerprint density at radius 2 is 2.00 bits per heavy atom. The molecule has 1 aromatic carbocycles. The van der Waals surface area contributed by atoms with E-state index in [0.29, 0.717) is 6.04 Å². The molecular weight excluding hydrogens is 246 g/mol. The first-order valence-electron chi connectivity index (χ1n) is 6.70. The van der Waals surface area contributed by atoms with Crippen molar-refractivity contribution in [3.05, 3.63) is 23.2 Å². The SMILES string of the molecule is COc1ccc(Cl)c(NC2CCC(C)C(C)C2)c1. The normalized spacial score (nSPS) is 27.9. The summed E-state index contributed by atoms with van der Waals surface area (Å²) in [6.07, 6.45) is 3.73. The summed E-state index contributed by atoms with van der Waals surface area (Å²) in [6.45, 7) is 4.69. The Hall–Kier alpha value is -0.890. The maximum absolute atomic E-state index is 6.22. The topological polar surface area (TPSA) is 21.3 Å². The molecule has 0 saturated heterocycles. The Balaban J connectivity index is 2.05. The van der Waals surface area contributed by atoms with E-state index in [9.17, 15) is 0 Å². The molecular formula is C15H22ClNO. The van der Waals surface area contributed by atoms with Gasteiger partial charge in [0.05, 0.1) is 17.8 Å². The maximum Gasteiger partial charge on any atom is 0.121 e. The third kappa shape index (κ3) is 3.11. The van der Waals surface area contributed by atoms with Crippen LogP contribution in [0.15, 0.2) is 18.2 Å². The van der Waals surface area contributed by atoms with E-state index in [2.05, 4.69) is 19.2 Å². The fraction of sp³-hybridized carbons (Fsp3) is 0.600. The smallest absolute Gasteiger partial charge is 0.121 e. The van der Waals surface area contributed by atoms with Crippen LogP contribution in [0.25, 0.3) is 0 Å². The molecule has 3 atom stereocenters. The van der Waals surface area contributed by atoms with Crippen molar-refractivity contribution < 1.29 is 4.74 Å². The molecule has 1 aromatic rings. The van der Waals surface area contributed by atoms with Crippen LogP contribution in [0.1, 0.15) is 33.1 Å². The second-order valence-electron chi connectivity index (χ2n) is 5.45. The minimum absolute atomic E-state index is 0.529. The minimum atomic E-state index is 0.529. The van der Waals surface area contributed by atoms with Crippen molar-refractivity contribution in [2.24, 2.45) is 11.8 Å². The highest BCUT2D eigenvalue weighted by Crippen LogP contribution is 2.33. The molecule has 3 unspecified atom stereocenters. The zero-order valence-electron chi connectivity index (χ0n) is 11.4. The van der Waals surface area contributed by atoms with E-state index in [0.717, 1.165) is 28.3 Å². The van der Waals surface area contributed by atoms with Gasteiger partial charge in [0.25, 0.3) is 0 Å². The van der Waals surface area contributed by atoms with E-state index >= 15 is 0 Å². The first-order valence-corrected chi connectivity index (χ1v) is 7.08. The van der Waals surface area contributed by atoms with Crippen LogP contribution >= 0.6 is 11.6 Å². The Morgan fingerprint density at radius 1 is 1.22 bits per heavy atom. The third-order valence-electron chi connectivity index (χ3n) is 4.13. The Labute approximate surface area is 115 Å². The van der Waals surface area contributed by atoms with Crippen molar-refractivity contribution in [1.82, 2.24) is 0 Å². The molecule has 0 aliphatic heterocycles. The van der Waals surface area contributed by atoms with Gasteiger partial charge in [-0.2, -0.15) is 0 Å². The monoisotopic (exact) mass is 267 g/mol. The number of nitrogens with one attached hydrogen (secondary N) is 1. The summed E-state index contributed by atoms with van der Waals surface area (Å²) in [4.78, 5) is 0. The molecule has 1 saturated carbocycles. The van der Waals surface area contributed by atoms with Crippen molar-refractivity contribution in [3.63, 3.8) is 0 Å². The number of halogens is 1. The van der Waals surface area contributed by atoms with E-state index in [1.54, 1.807) is 7.11 Å². The molecule has 0 amide bonds. The molecule has 0 spiro atoms. The van der Waals surface area contributed by atoms with Crippen molar-refractivity contribution in [2.75, 3.05) is 12.4 Å². The number of benzene rings is 1. The molecule has 0 heterocycles. The molecule has 1 aliphatic rings. The standard InChI is InChI=1S/C15H22ClNO/c1-10-4-5-12(8-11(10)2)17-15-9-13(18-3)6-7-14(15)16/h6-7,9-12,17H,4-5,8H2,1-3H3. The summed E-state index contributed by atoms with van der Waals surface area (Å²) in [5.41, 5.74) is 0.989. The van der Waals surface area contributed by atoms with Gasteiger partial charge >= 0.3 is 0 Å². The van der Waals surface area contributed by atoms with Crippen LogP contribution in [-0.2, 0) is 0 Å². The molecule has 3 heteroatoms. The van der Waals surface area contributed by atoms with Crippen LogP contribution < -0.4 is 10.1 Å². The van der Waals surface area contributed by atoms with Gasteiger partial charge in [-0.25, -0.2) is 0 Å². The lowest BCUT2D eigenvalue weighted by Gasteiger charge is -2.33. The van der Waals surface area contributed by atoms with Crippen LogP contribution in [0.3, 0.4) is 0 Å². The Morgan fingerprint density at radius 3 is 2.67 bits per heavy atom. The zero-order chi connectivity index (χ0) is 13.1. The highest BCUT2D eigenvalue weighted by molar-refractivity contribution is 6.33. The van der Waals surface area contributed by atoms with Gasteiger partial charge in [-0.1, -0.05) is 25.4 Å². The van der Waals surface area contributed by atoms with E-state index in [-0.39, 0.29) is 0 Å². The molecule has 18 heavy (non-hydrogen) atoms. The average Bonchev–Trinajstić information content (AvgIpc) is 2.36. The fourth-order valence-corrected chi connectivity index (χ4v) is 2.81. The molecule has 1 aliphatic carbocycles. The summed E-state index contributed by atoms with van der Waals surface area (Å²) in [6, 6.07) is 6.28. The second-order valence-corrected chi connectivity index (χ2v) is 5.86. The van der Waals surface area contributed by atoms with Gasteiger partial charge in [-0.15, -0.1) is 0 Å². The summed E-state index contributed by atoms with van der Waals surface area (Å²) in [5.74, 6) is 2.46. The van der Waals surface area contributed by atoms with Gasteiger partial charge in [-0.05, 0) is 43.2 Å².